The number of carbonyl (C=O) groups is 2. The number of ether oxygens (including phenoxy) is 1. The van der Waals surface area contributed by atoms with Crippen LogP contribution in [-0.2, 0) is 14.3 Å². The molecule has 5 nitrogen and oxygen atoms in total. The van der Waals surface area contributed by atoms with Crippen LogP contribution in [0.1, 0.15) is 44.9 Å². The number of rotatable bonds is 4. The molecule has 2 aliphatic rings. The molecule has 1 atom stereocenters. The van der Waals surface area contributed by atoms with Gasteiger partial charge in [-0.3, -0.25) is 9.59 Å². The van der Waals surface area contributed by atoms with Gasteiger partial charge in [0.1, 0.15) is 0 Å². The molecule has 5 heteroatoms. The number of nitrogens with zero attached hydrogens (tertiary/aromatic N) is 1. The van der Waals surface area contributed by atoms with E-state index in [0.717, 1.165) is 19.4 Å². The molecule has 1 heterocycles. The summed E-state index contributed by atoms with van der Waals surface area (Å²) in [5, 5.41) is 8.98. The molecule has 0 radical (unpaired) electrons. The highest BCUT2D eigenvalue weighted by atomic mass is 16.5. The maximum atomic E-state index is 12.4. The minimum Gasteiger partial charge on any atom is -0.481 e. The first kappa shape index (κ1) is 15.3. The Morgan fingerprint density at radius 3 is 2.30 bits per heavy atom. The fourth-order valence-electron chi connectivity index (χ4n) is 3.25. The van der Waals surface area contributed by atoms with E-state index in [9.17, 15) is 9.59 Å². The highest BCUT2D eigenvalue weighted by molar-refractivity contribution is 5.79. The molecular weight excluding hydrogens is 258 g/mol. The highest BCUT2D eigenvalue weighted by Gasteiger charge is 2.31. The zero-order valence-electron chi connectivity index (χ0n) is 12.2. The number of carboxylic acids is 1. The second-order valence-corrected chi connectivity index (χ2v) is 6.09. The van der Waals surface area contributed by atoms with E-state index in [1.165, 1.54) is 6.42 Å². The number of likely N-dealkylation sites (N-methyl/N-ethyl adjacent to an activating group) is 1. The van der Waals surface area contributed by atoms with E-state index in [0.29, 0.717) is 32.2 Å². The van der Waals surface area contributed by atoms with Crippen molar-refractivity contribution >= 4 is 11.9 Å². The first-order valence-electron chi connectivity index (χ1n) is 7.67. The lowest BCUT2D eigenvalue weighted by molar-refractivity contribution is -0.145. The maximum Gasteiger partial charge on any atom is 0.306 e. The van der Waals surface area contributed by atoms with Crippen LogP contribution >= 0.6 is 0 Å². The third-order valence-corrected chi connectivity index (χ3v) is 4.55. The number of aliphatic carboxylic acids is 1. The number of hydrogen-bond donors (Lipinski definition) is 1. The molecule has 1 N–H and O–H groups in total. The Balaban J connectivity index is 1.77. The van der Waals surface area contributed by atoms with Gasteiger partial charge in [0.15, 0.2) is 0 Å². The van der Waals surface area contributed by atoms with Gasteiger partial charge in [-0.25, -0.2) is 0 Å². The summed E-state index contributed by atoms with van der Waals surface area (Å²) in [6.07, 6.45) is 6.15. The first-order chi connectivity index (χ1) is 9.58. The number of carbonyl (C=O) groups excluding carboxylic acids is 1. The van der Waals surface area contributed by atoms with Crippen LogP contribution < -0.4 is 0 Å². The van der Waals surface area contributed by atoms with Gasteiger partial charge in [-0.15, -0.1) is 0 Å². The molecule has 0 bridgehead atoms. The lowest BCUT2D eigenvalue weighted by Gasteiger charge is -2.32. The summed E-state index contributed by atoms with van der Waals surface area (Å²) in [6.45, 7) is 1.47. The molecule has 114 valence electrons. The molecule has 1 saturated heterocycles. The average molecular weight is 283 g/mol. The predicted molar refractivity (Wildman–Crippen MR) is 74.3 cm³/mol. The van der Waals surface area contributed by atoms with Gasteiger partial charge in [0.25, 0.3) is 0 Å². The topological polar surface area (TPSA) is 66.8 Å². The van der Waals surface area contributed by atoms with Gasteiger partial charge in [0.05, 0.1) is 12.0 Å². The zero-order valence-corrected chi connectivity index (χ0v) is 12.2. The smallest absolute Gasteiger partial charge is 0.306 e. The van der Waals surface area contributed by atoms with Crippen molar-refractivity contribution in [1.82, 2.24) is 4.90 Å². The monoisotopic (exact) mass is 283 g/mol. The van der Waals surface area contributed by atoms with Crippen LogP contribution in [0.4, 0.5) is 0 Å². The van der Waals surface area contributed by atoms with Gasteiger partial charge >= 0.3 is 5.97 Å². The zero-order chi connectivity index (χ0) is 14.5. The van der Waals surface area contributed by atoms with Gasteiger partial charge in [-0.1, -0.05) is 0 Å². The summed E-state index contributed by atoms with van der Waals surface area (Å²) in [7, 11) is 1.84. The second-order valence-electron chi connectivity index (χ2n) is 6.09. The van der Waals surface area contributed by atoms with E-state index in [2.05, 4.69) is 0 Å². The lowest BCUT2D eigenvalue weighted by Crippen LogP contribution is -2.41. The molecular formula is C15H25NO4. The predicted octanol–water partition coefficient (Wildman–Crippen LogP) is 1.90. The first-order valence-corrected chi connectivity index (χ1v) is 7.67. The molecule has 0 spiro atoms. The molecule has 0 aromatic heterocycles. The summed E-state index contributed by atoms with van der Waals surface area (Å²) in [4.78, 5) is 25.1. The Morgan fingerprint density at radius 2 is 1.75 bits per heavy atom. The maximum absolute atomic E-state index is 12.4. The SMILES string of the molecule is CN(CC1CCCCO1)C(=O)C1CCC(C(=O)O)CC1. The van der Waals surface area contributed by atoms with Crippen LogP contribution in [-0.4, -0.2) is 48.2 Å². The van der Waals surface area contributed by atoms with Crippen molar-refractivity contribution in [2.45, 2.75) is 51.0 Å². The van der Waals surface area contributed by atoms with Gasteiger partial charge in [-0.2, -0.15) is 0 Å². The largest absolute Gasteiger partial charge is 0.481 e. The Bertz CT molecular complexity index is 344. The lowest BCUT2D eigenvalue weighted by atomic mass is 9.81. The molecule has 2 rings (SSSR count). The van der Waals surface area contributed by atoms with Crippen LogP contribution in [0, 0.1) is 11.8 Å². The molecule has 1 unspecified atom stereocenters. The van der Waals surface area contributed by atoms with Crippen molar-refractivity contribution < 1.29 is 19.4 Å². The van der Waals surface area contributed by atoms with Crippen molar-refractivity contribution in [1.29, 1.82) is 0 Å². The number of amides is 1. The van der Waals surface area contributed by atoms with E-state index in [1.54, 1.807) is 4.90 Å². The molecule has 1 aliphatic heterocycles. The van der Waals surface area contributed by atoms with E-state index in [-0.39, 0.29) is 23.8 Å². The van der Waals surface area contributed by atoms with Crippen LogP contribution in [0.5, 0.6) is 0 Å². The van der Waals surface area contributed by atoms with Crippen molar-refractivity contribution in [2.75, 3.05) is 20.2 Å². The Hall–Kier alpha value is -1.10. The fourth-order valence-corrected chi connectivity index (χ4v) is 3.25. The molecule has 1 saturated carbocycles. The molecule has 0 aromatic carbocycles. The summed E-state index contributed by atoms with van der Waals surface area (Å²) < 4.78 is 5.66. The van der Waals surface area contributed by atoms with Crippen LogP contribution in [0.25, 0.3) is 0 Å². The Kier molecular flexibility index (Phi) is 5.40. The number of carboxylic acid groups (broad SMARTS) is 1. The normalized spacial score (nSPS) is 30.8. The van der Waals surface area contributed by atoms with E-state index < -0.39 is 5.97 Å². The van der Waals surface area contributed by atoms with Crippen LogP contribution in [0.2, 0.25) is 0 Å². The minimum atomic E-state index is -0.722. The second kappa shape index (κ2) is 7.07. The van der Waals surface area contributed by atoms with E-state index in [1.807, 2.05) is 7.05 Å². The quantitative estimate of drug-likeness (QED) is 0.855. The summed E-state index contributed by atoms with van der Waals surface area (Å²) in [5.74, 6) is -0.826. The fraction of sp³-hybridized carbons (Fsp3) is 0.867. The molecule has 2 fully saturated rings. The molecule has 1 aliphatic carbocycles. The van der Waals surface area contributed by atoms with Crippen molar-refractivity contribution in [3.8, 4) is 0 Å². The third kappa shape index (κ3) is 3.95. The third-order valence-electron chi connectivity index (χ3n) is 4.55. The van der Waals surface area contributed by atoms with Crippen molar-refractivity contribution in [2.24, 2.45) is 11.8 Å². The summed E-state index contributed by atoms with van der Waals surface area (Å²) in [5.41, 5.74) is 0. The molecule has 20 heavy (non-hydrogen) atoms. The average Bonchev–Trinajstić information content (AvgIpc) is 2.47. The van der Waals surface area contributed by atoms with Crippen LogP contribution in [0.15, 0.2) is 0 Å². The van der Waals surface area contributed by atoms with Gasteiger partial charge in [-0.05, 0) is 44.9 Å². The summed E-state index contributed by atoms with van der Waals surface area (Å²) in [6, 6.07) is 0. The standard InChI is InChI=1S/C15H25NO4/c1-16(10-13-4-2-3-9-20-13)14(17)11-5-7-12(8-6-11)15(18)19/h11-13H,2-10H2,1H3,(H,18,19). The summed E-state index contributed by atoms with van der Waals surface area (Å²) >= 11 is 0. The molecule has 1 amide bonds. The van der Waals surface area contributed by atoms with Gasteiger partial charge < -0.3 is 14.7 Å². The van der Waals surface area contributed by atoms with Crippen molar-refractivity contribution in [3.63, 3.8) is 0 Å². The highest BCUT2D eigenvalue weighted by Crippen LogP contribution is 2.30. The van der Waals surface area contributed by atoms with E-state index in [4.69, 9.17) is 9.84 Å². The van der Waals surface area contributed by atoms with E-state index >= 15 is 0 Å². The van der Waals surface area contributed by atoms with Crippen molar-refractivity contribution in [3.05, 3.63) is 0 Å². The Morgan fingerprint density at radius 1 is 1.10 bits per heavy atom. The van der Waals surface area contributed by atoms with Crippen LogP contribution in [0.3, 0.4) is 0 Å². The number of hydrogen-bond acceptors (Lipinski definition) is 3. The van der Waals surface area contributed by atoms with Gasteiger partial charge in [0.2, 0.25) is 5.91 Å². The minimum absolute atomic E-state index is 0.000749. The molecule has 0 aromatic rings. The van der Waals surface area contributed by atoms with Gasteiger partial charge in [0, 0.05) is 26.1 Å². The Labute approximate surface area is 120 Å².